The first kappa shape index (κ1) is 14.6. The highest BCUT2D eigenvalue weighted by molar-refractivity contribution is 5.94. The van der Waals surface area contributed by atoms with Gasteiger partial charge in [0.15, 0.2) is 0 Å². The van der Waals surface area contributed by atoms with E-state index >= 15 is 0 Å². The SMILES string of the molecule is Cc1cc(C(=O)NCC2CCCC2)ccc1C#CCO. The van der Waals surface area contributed by atoms with E-state index in [0.29, 0.717) is 11.5 Å². The molecule has 1 fully saturated rings. The summed E-state index contributed by atoms with van der Waals surface area (Å²) in [6, 6.07) is 5.48. The Hall–Kier alpha value is -1.79. The van der Waals surface area contributed by atoms with Crippen molar-refractivity contribution >= 4 is 5.91 Å². The molecule has 1 aromatic rings. The van der Waals surface area contributed by atoms with Crippen molar-refractivity contribution in [2.45, 2.75) is 32.6 Å². The summed E-state index contributed by atoms with van der Waals surface area (Å²) < 4.78 is 0. The van der Waals surface area contributed by atoms with Crippen LogP contribution in [0.3, 0.4) is 0 Å². The van der Waals surface area contributed by atoms with Crippen molar-refractivity contribution in [3.63, 3.8) is 0 Å². The number of hydrogen-bond donors (Lipinski definition) is 2. The summed E-state index contributed by atoms with van der Waals surface area (Å²) in [7, 11) is 0. The number of aryl methyl sites for hydroxylation is 1. The fourth-order valence-electron chi connectivity index (χ4n) is 2.63. The average molecular weight is 271 g/mol. The molecule has 3 nitrogen and oxygen atoms in total. The Kier molecular flexibility index (Phi) is 5.20. The van der Waals surface area contributed by atoms with Crippen molar-refractivity contribution in [2.75, 3.05) is 13.2 Å². The Bertz CT molecular complexity index is 534. The number of benzene rings is 1. The lowest BCUT2D eigenvalue weighted by Gasteiger charge is -2.11. The van der Waals surface area contributed by atoms with Crippen LogP contribution in [0.25, 0.3) is 0 Å². The number of carbonyl (C=O) groups is 1. The molecule has 0 spiro atoms. The normalized spacial score (nSPS) is 14.7. The largest absolute Gasteiger partial charge is 0.384 e. The molecule has 1 saturated carbocycles. The minimum Gasteiger partial charge on any atom is -0.384 e. The second-order valence-corrected chi connectivity index (χ2v) is 5.35. The fourth-order valence-corrected chi connectivity index (χ4v) is 2.63. The van der Waals surface area contributed by atoms with E-state index in [1.165, 1.54) is 25.7 Å². The smallest absolute Gasteiger partial charge is 0.251 e. The lowest BCUT2D eigenvalue weighted by atomic mass is 10.0. The molecule has 0 unspecified atom stereocenters. The Labute approximate surface area is 120 Å². The minimum absolute atomic E-state index is 0.0123. The minimum atomic E-state index is -0.150. The molecule has 0 heterocycles. The van der Waals surface area contributed by atoms with Gasteiger partial charge in [0.05, 0.1) is 0 Å². The first-order valence-electron chi connectivity index (χ1n) is 7.19. The fraction of sp³-hybridized carbons (Fsp3) is 0.471. The second kappa shape index (κ2) is 7.12. The molecular weight excluding hydrogens is 250 g/mol. The van der Waals surface area contributed by atoms with E-state index in [-0.39, 0.29) is 12.5 Å². The molecule has 0 radical (unpaired) electrons. The van der Waals surface area contributed by atoms with Crippen LogP contribution in [0, 0.1) is 24.7 Å². The first-order chi connectivity index (χ1) is 9.70. The van der Waals surface area contributed by atoms with Crippen LogP contribution in [-0.2, 0) is 0 Å². The highest BCUT2D eigenvalue weighted by atomic mass is 16.2. The van der Waals surface area contributed by atoms with Gasteiger partial charge < -0.3 is 10.4 Å². The summed E-state index contributed by atoms with van der Waals surface area (Å²) in [6.07, 6.45) is 5.04. The van der Waals surface area contributed by atoms with Gasteiger partial charge in [0, 0.05) is 17.7 Å². The molecule has 0 aromatic heterocycles. The lowest BCUT2D eigenvalue weighted by Crippen LogP contribution is -2.28. The molecule has 1 aliphatic carbocycles. The van der Waals surface area contributed by atoms with Crippen molar-refractivity contribution in [3.05, 3.63) is 34.9 Å². The topological polar surface area (TPSA) is 49.3 Å². The summed E-state index contributed by atoms with van der Waals surface area (Å²) in [4.78, 5) is 12.1. The predicted molar refractivity (Wildman–Crippen MR) is 79.4 cm³/mol. The van der Waals surface area contributed by atoms with Gasteiger partial charge in [0.25, 0.3) is 5.91 Å². The summed E-state index contributed by atoms with van der Waals surface area (Å²) in [5, 5.41) is 11.7. The summed E-state index contributed by atoms with van der Waals surface area (Å²) in [5.41, 5.74) is 2.49. The zero-order chi connectivity index (χ0) is 14.4. The number of rotatable bonds is 3. The molecule has 106 valence electrons. The van der Waals surface area contributed by atoms with Crippen molar-refractivity contribution in [2.24, 2.45) is 5.92 Å². The molecule has 0 atom stereocenters. The maximum Gasteiger partial charge on any atom is 0.251 e. The zero-order valence-corrected chi connectivity index (χ0v) is 11.9. The highest BCUT2D eigenvalue weighted by Gasteiger charge is 2.16. The maximum absolute atomic E-state index is 12.1. The quantitative estimate of drug-likeness (QED) is 0.828. The average Bonchev–Trinajstić information content (AvgIpc) is 2.96. The first-order valence-corrected chi connectivity index (χ1v) is 7.19. The molecule has 2 rings (SSSR count). The molecule has 1 aliphatic rings. The van der Waals surface area contributed by atoms with E-state index in [4.69, 9.17) is 5.11 Å². The van der Waals surface area contributed by atoms with E-state index < -0.39 is 0 Å². The standard InChI is InChI=1S/C17H21NO2/c1-13-11-16(9-8-15(13)7-4-10-19)17(20)18-12-14-5-2-3-6-14/h8-9,11,14,19H,2-3,5-6,10,12H2,1H3,(H,18,20). The highest BCUT2D eigenvalue weighted by Crippen LogP contribution is 2.23. The summed E-state index contributed by atoms with van der Waals surface area (Å²) in [6.45, 7) is 2.56. The maximum atomic E-state index is 12.1. The third-order valence-corrected chi connectivity index (χ3v) is 3.82. The molecule has 3 heteroatoms. The number of aliphatic hydroxyl groups is 1. The number of aliphatic hydroxyl groups excluding tert-OH is 1. The van der Waals surface area contributed by atoms with Crippen LogP contribution < -0.4 is 5.32 Å². The van der Waals surface area contributed by atoms with Gasteiger partial charge in [0.1, 0.15) is 6.61 Å². The van der Waals surface area contributed by atoms with Gasteiger partial charge in [-0.3, -0.25) is 4.79 Å². The Morgan fingerprint density at radius 2 is 2.15 bits per heavy atom. The van der Waals surface area contributed by atoms with Crippen molar-refractivity contribution in [1.29, 1.82) is 0 Å². The number of nitrogens with one attached hydrogen (secondary N) is 1. The molecule has 0 bridgehead atoms. The molecule has 2 N–H and O–H groups in total. The van der Waals surface area contributed by atoms with Gasteiger partial charge in [-0.1, -0.05) is 24.7 Å². The third kappa shape index (κ3) is 3.85. The van der Waals surface area contributed by atoms with Crippen molar-refractivity contribution in [3.8, 4) is 11.8 Å². The van der Waals surface area contributed by atoms with E-state index in [0.717, 1.165) is 17.7 Å². The van der Waals surface area contributed by atoms with E-state index in [1.807, 2.05) is 19.1 Å². The van der Waals surface area contributed by atoms with Crippen LogP contribution in [-0.4, -0.2) is 24.2 Å². The van der Waals surface area contributed by atoms with Gasteiger partial charge in [0.2, 0.25) is 0 Å². The molecule has 0 aliphatic heterocycles. The van der Waals surface area contributed by atoms with Crippen LogP contribution in [0.2, 0.25) is 0 Å². The third-order valence-electron chi connectivity index (χ3n) is 3.82. The van der Waals surface area contributed by atoms with Gasteiger partial charge >= 0.3 is 0 Å². The summed E-state index contributed by atoms with van der Waals surface area (Å²) >= 11 is 0. The molecule has 1 amide bonds. The van der Waals surface area contributed by atoms with Crippen LogP contribution in [0.1, 0.15) is 47.2 Å². The monoisotopic (exact) mass is 271 g/mol. The molecular formula is C17H21NO2. The second-order valence-electron chi connectivity index (χ2n) is 5.35. The van der Waals surface area contributed by atoms with Crippen LogP contribution in [0.5, 0.6) is 0 Å². The molecule has 0 saturated heterocycles. The molecule has 20 heavy (non-hydrogen) atoms. The zero-order valence-electron chi connectivity index (χ0n) is 11.9. The van der Waals surface area contributed by atoms with Gasteiger partial charge in [-0.25, -0.2) is 0 Å². The Morgan fingerprint density at radius 1 is 1.40 bits per heavy atom. The Balaban J connectivity index is 1.97. The summed E-state index contributed by atoms with van der Waals surface area (Å²) in [5.74, 6) is 6.13. The lowest BCUT2D eigenvalue weighted by molar-refractivity contribution is 0.0947. The number of amides is 1. The van der Waals surface area contributed by atoms with Gasteiger partial charge in [-0.05, 0) is 49.4 Å². The molecule has 1 aromatic carbocycles. The van der Waals surface area contributed by atoms with Crippen molar-refractivity contribution in [1.82, 2.24) is 5.32 Å². The van der Waals surface area contributed by atoms with E-state index in [1.54, 1.807) is 6.07 Å². The van der Waals surface area contributed by atoms with Crippen LogP contribution >= 0.6 is 0 Å². The van der Waals surface area contributed by atoms with Gasteiger partial charge in [-0.15, -0.1) is 0 Å². The van der Waals surface area contributed by atoms with Crippen LogP contribution in [0.4, 0.5) is 0 Å². The number of carbonyl (C=O) groups excluding carboxylic acids is 1. The van der Waals surface area contributed by atoms with Gasteiger partial charge in [-0.2, -0.15) is 0 Å². The Morgan fingerprint density at radius 3 is 2.80 bits per heavy atom. The predicted octanol–water partition coefficient (Wildman–Crippen LogP) is 2.26. The van der Waals surface area contributed by atoms with Crippen LogP contribution in [0.15, 0.2) is 18.2 Å². The number of hydrogen-bond acceptors (Lipinski definition) is 2. The van der Waals surface area contributed by atoms with E-state index in [9.17, 15) is 4.79 Å². The van der Waals surface area contributed by atoms with E-state index in [2.05, 4.69) is 17.2 Å². The van der Waals surface area contributed by atoms with Crippen molar-refractivity contribution < 1.29 is 9.90 Å².